The van der Waals surface area contributed by atoms with E-state index in [2.05, 4.69) is 50.1 Å². The monoisotopic (exact) mass is 752 g/mol. The Kier molecular flexibility index (Phi) is 44.4. The average molecular weight is 753 g/mol. The van der Waals surface area contributed by atoms with E-state index in [-0.39, 0.29) is 35.9 Å². The minimum absolute atomic E-state index is 0. The number of carbonyl (C=O) groups excluding carboxylic acids is 2. The van der Waals surface area contributed by atoms with Gasteiger partial charge in [0, 0.05) is 25.0 Å². The summed E-state index contributed by atoms with van der Waals surface area (Å²) >= 11 is 0. The summed E-state index contributed by atoms with van der Waals surface area (Å²) in [5.74, 6) is -1.81. The van der Waals surface area contributed by atoms with Crippen molar-refractivity contribution in [2.75, 3.05) is 20.1 Å². The number of carbonyl (C=O) groups is 2. The fourth-order valence-electron chi connectivity index (χ4n) is 7.06. The van der Waals surface area contributed by atoms with Crippen LogP contribution in [0.15, 0.2) is 24.3 Å². The Labute approximate surface area is 345 Å². The minimum Gasteiger partial charge on any atom is -0.550 e. The van der Waals surface area contributed by atoms with Crippen LogP contribution in [0.5, 0.6) is 0 Å². The summed E-state index contributed by atoms with van der Waals surface area (Å²) in [6.45, 7) is 6.95. The van der Waals surface area contributed by atoms with Crippen LogP contribution in [0.3, 0.4) is 0 Å². The number of aliphatic carboxylic acids is 2. The first kappa shape index (κ1) is 54.0. The van der Waals surface area contributed by atoms with E-state index < -0.39 is 11.9 Å². The Hall–Kier alpha value is -1.11. The second-order valence-electron chi connectivity index (χ2n) is 15.7. The molecule has 0 atom stereocenters. The van der Waals surface area contributed by atoms with Crippen molar-refractivity contribution in [3.05, 3.63) is 35.4 Å². The molecule has 0 aromatic heterocycles. The van der Waals surface area contributed by atoms with Crippen LogP contribution in [0.4, 0.5) is 0 Å². The Morgan fingerprint density at radius 3 is 0.906 bits per heavy atom. The van der Waals surface area contributed by atoms with Gasteiger partial charge in [-0.2, -0.15) is 0 Å². The zero-order valence-electron chi connectivity index (χ0n) is 35.6. The third-order valence-corrected chi connectivity index (χ3v) is 10.6. The van der Waals surface area contributed by atoms with Gasteiger partial charge in [0.05, 0.1) is 0 Å². The van der Waals surface area contributed by atoms with E-state index in [0.29, 0.717) is 0 Å². The second-order valence-corrected chi connectivity index (χ2v) is 15.7. The molecule has 1 heterocycles. The molecule has 0 amide bonds. The molecule has 304 valence electrons. The number of hydrogen-bond donors (Lipinski definition) is 0. The predicted molar refractivity (Wildman–Crippen MR) is 226 cm³/mol. The van der Waals surface area contributed by atoms with Crippen molar-refractivity contribution in [1.29, 1.82) is 0 Å². The standard InChI is InChI=1S/2C18H36O2.C11H15N.Mg/c2*1-2-3-4-5-6-7-8-9-10-11-12-13-14-15-16-17-18(19)20;1-12-8-6-10-4-2-3-5-11(10)7-9-12;/h2*2-17H2,1H3,(H,19,20);2-5H,6-9H2,1H3;/q;;;+2/p-2. The molecule has 0 bridgehead atoms. The quantitative estimate of drug-likeness (QED) is 0.0540. The van der Waals surface area contributed by atoms with Crippen molar-refractivity contribution >= 4 is 35.0 Å². The molecule has 0 aliphatic carbocycles. The van der Waals surface area contributed by atoms with Gasteiger partial charge in [-0.3, -0.25) is 0 Å². The van der Waals surface area contributed by atoms with Crippen molar-refractivity contribution in [2.45, 2.75) is 232 Å². The Bertz CT molecular complexity index is 839. The predicted octanol–water partition coefficient (Wildman–Crippen LogP) is 11.3. The zero-order chi connectivity index (χ0) is 38.2. The van der Waals surface area contributed by atoms with E-state index in [1.807, 2.05) is 0 Å². The molecular formula is C47H85MgNO4. The number of unbranched alkanes of at least 4 members (excludes halogenated alkanes) is 28. The molecule has 0 unspecified atom stereocenters. The summed E-state index contributed by atoms with van der Waals surface area (Å²) in [5, 5.41) is 20.4. The van der Waals surface area contributed by atoms with Gasteiger partial charge in [-0.25, -0.2) is 0 Å². The molecule has 2 rings (SSSR count). The van der Waals surface area contributed by atoms with Gasteiger partial charge in [0.1, 0.15) is 0 Å². The zero-order valence-corrected chi connectivity index (χ0v) is 37.0. The van der Waals surface area contributed by atoms with Crippen LogP contribution in [-0.2, 0) is 22.4 Å². The molecule has 0 N–H and O–H groups in total. The molecule has 1 aromatic rings. The fourth-order valence-corrected chi connectivity index (χ4v) is 7.06. The maximum Gasteiger partial charge on any atom is 2.00 e. The molecule has 0 saturated heterocycles. The van der Waals surface area contributed by atoms with Crippen LogP contribution < -0.4 is 10.2 Å². The van der Waals surface area contributed by atoms with Crippen molar-refractivity contribution < 1.29 is 19.8 Å². The van der Waals surface area contributed by atoms with Gasteiger partial charge < -0.3 is 24.7 Å². The molecular weight excluding hydrogens is 667 g/mol. The van der Waals surface area contributed by atoms with Crippen molar-refractivity contribution in [3.63, 3.8) is 0 Å². The smallest absolute Gasteiger partial charge is 0.550 e. The number of rotatable bonds is 32. The molecule has 0 radical (unpaired) electrons. The molecule has 5 nitrogen and oxygen atoms in total. The number of carboxylic acids is 2. The number of nitrogens with zero attached hydrogens (tertiary/aromatic N) is 1. The van der Waals surface area contributed by atoms with Gasteiger partial charge in [0.2, 0.25) is 0 Å². The van der Waals surface area contributed by atoms with E-state index in [4.69, 9.17) is 0 Å². The van der Waals surface area contributed by atoms with E-state index >= 15 is 0 Å². The van der Waals surface area contributed by atoms with Crippen LogP contribution in [0, 0.1) is 0 Å². The van der Waals surface area contributed by atoms with E-state index in [9.17, 15) is 19.8 Å². The third-order valence-electron chi connectivity index (χ3n) is 10.6. The van der Waals surface area contributed by atoms with Crippen LogP contribution >= 0.6 is 0 Å². The van der Waals surface area contributed by atoms with E-state index in [1.165, 1.54) is 193 Å². The summed E-state index contributed by atoms with van der Waals surface area (Å²) in [6.07, 6.45) is 42.1. The molecule has 1 aromatic carbocycles. The SMILES string of the molecule is CCCCCCCCCCCCCCCCCC(=O)[O-].CCCCCCCCCCCCCCCCCC(=O)[O-].CN1CCc2ccccc2CC1.[Mg+2]. The van der Waals surface area contributed by atoms with Crippen LogP contribution in [0.2, 0.25) is 0 Å². The number of carboxylic acid groups (broad SMARTS) is 2. The van der Waals surface area contributed by atoms with Crippen LogP contribution in [0.25, 0.3) is 0 Å². The molecule has 0 saturated carbocycles. The molecule has 1 aliphatic heterocycles. The maximum absolute atomic E-state index is 10.2. The summed E-state index contributed by atoms with van der Waals surface area (Å²) < 4.78 is 0. The number of benzene rings is 1. The second kappa shape index (κ2) is 43.6. The molecule has 0 spiro atoms. The number of likely N-dealkylation sites (N-methyl/N-ethyl adjacent to an activating group) is 1. The summed E-state index contributed by atoms with van der Waals surface area (Å²) in [5.41, 5.74) is 3.09. The van der Waals surface area contributed by atoms with Crippen molar-refractivity contribution in [1.82, 2.24) is 4.90 Å². The van der Waals surface area contributed by atoms with Crippen molar-refractivity contribution in [3.8, 4) is 0 Å². The fraction of sp³-hybridized carbons (Fsp3) is 0.830. The molecule has 53 heavy (non-hydrogen) atoms. The van der Waals surface area contributed by atoms with E-state index in [1.54, 1.807) is 11.1 Å². The van der Waals surface area contributed by atoms with Gasteiger partial charge in [-0.1, -0.05) is 218 Å². The largest absolute Gasteiger partial charge is 2.00 e. The van der Waals surface area contributed by atoms with Crippen LogP contribution in [-0.4, -0.2) is 60.0 Å². The first-order valence-electron chi connectivity index (χ1n) is 22.6. The molecule has 6 heteroatoms. The summed E-state index contributed by atoms with van der Waals surface area (Å²) in [6, 6.07) is 8.80. The summed E-state index contributed by atoms with van der Waals surface area (Å²) in [4.78, 5) is 22.8. The number of hydrogen-bond acceptors (Lipinski definition) is 5. The van der Waals surface area contributed by atoms with E-state index in [0.717, 1.165) is 25.7 Å². The van der Waals surface area contributed by atoms with Gasteiger partial charge in [-0.05, 0) is 56.7 Å². The van der Waals surface area contributed by atoms with Gasteiger partial charge >= 0.3 is 23.1 Å². The Morgan fingerprint density at radius 2 is 0.679 bits per heavy atom. The van der Waals surface area contributed by atoms with Crippen molar-refractivity contribution in [2.24, 2.45) is 0 Å². The average Bonchev–Trinajstić information content (AvgIpc) is 3.33. The molecule has 0 fully saturated rings. The third kappa shape index (κ3) is 41.9. The maximum atomic E-state index is 10.2. The van der Waals surface area contributed by atoms with Gasteiger partial charge in [-0.15, -0.1) is 0 Å². The minimum atomic E-state index is -0.903. The Balaban J connectivity index is 0. The first-order chi connectivity index (χ1) is 25.4. The summed E-state index contributed by atoms with van der Waals surface area (Å²) in [7, 11) is 2.20. The molecule has 1 aliphatic rings. The first-order valence-corrected chi connectivity index (χ1v) is 22.6. The Morgan fingerprint density at radius 1 is 0.453 bits per heavy atom. The number of fused-ring (bicyclic) bond motifs is 1. The van der Waals surface area contributed by atoms with Gasteiger partial charge in [0.15, 0.2) is 0 Å². The van der Waals surface area contributed by atoms with Gasteiger partial charge in [0.25, 0.3) is 0 Å². The van der Waals surface area contributed by atoms with Crippen LogP contribution in [0.1, 0.15) is 230 Å². The normalized spacial score (nSPS) is 12.4. The topological polar surface area (TPSA) is 83.5 Å².